The predicted molar refractivity (Wildman–Crippen MR) is 89.6 cm³/mol. The molecule has 2 rings (SSSR count). The minimum atomic E-state index is -1.10. The quantitative estimate of drug-likeness (QED) is 0.505. The molecule has 3 N–H and O–H groups in total. The Morgan fingerprint density at radius 1 is 1.52 bits per heavy atom. The number of hydrogen-bond acceptors (Lipinski definition) is 6. The van der Waals surface area contributed by atoms with Crippen LogP contribution < -0.4 is 4.74 Å². The average molecular weight is 400 g/mol. The van der Waals surface area contributed by atoms with E-state index in [4.69, 9.17) is 4.74 Å². The summed E-state index contributed by atoms with van der Waals surface area (Å²) in [5.74, 6) is -0.213. The molecule has 0 aliphatic rings. The van der Waals surface area contributed by atoms with Crippen LogP contribution in [0.1, 0.15) is 18.3 Å². The van der Waals surface area contributed by atoms with Gasteiger partial charge in [0.05, 0.1) is 11.6 Å². The van der Waals surface area contributed by atoms with Gasteiger partial charge in [-0.25, -0.2) is 9.78 Å². The highest BCUT2D eigenvalue weighted by atomic mass is 79.9. The fraction of sp³-hybridized carbons (Fsp3) is 0.214. The lowest BCUT2D eigenvalue weighted by Gasteiger charge is -2.07. The highest BCUT2D eigenvalue weighted by molar-refractivity contribution is 9.10. The van der Waals surface area contributed by atoms with Crippen molar-refractivity contribution in [2.45, 2.75) is 18.5 Å². The number of phenolic OH excluding ortho intramolecular Hbond substituents is 1. The number of thioether (sulfide) groups is 1. The lowest BCUT2D eigenvalue weighted by Crippen LogP contribution is -1.97. The maximum Gasteiger partial charge on any atom is 0.342 e. The molecule has 122 valence electrons. The molecule has 0 unspecified atom stereocenters. The summed E-state index contributed by atoms with van der Waals surface area (Å²) < 4.78 is 5.46. The molecule has 0 saturated heterocycles. The molecule has 0 aliphatic heterocycles. The van der Waals surface area contributed by atoms with Crippen molar-refractivity contribution in [2.24, 2.45) is 0 Å². The number of methoxy groups -OCH3 is 1. The molecule has 1 aromatic heterocycles. The number of phenols is 1. The number of nitrogens with one attached hydrogen (secondary N) is 1. The standard InChI is InChI=1S/C14H14BrN3O4S/c1-3-11-16-14(18-17-11)23-10(13(20)21)6-7-4-8(15)12(19)9(5-7)22-2/h4-6,19H,3H2,1-2H3,(H,20,21)(H,16,17,18)/b10-6-. The number of aromatic nitrogens is 3. The number of aryl methyl sites for hydroxylation is 1. The average Bonchev–Trinajstić information content (AvgIpc) is 2.97. The monoisotopic (exact) mass is 399 g/mol. The lowest BCUT2D eigenvalue weighted by molar-refractivity contribution is -0.131. The summed E-state index contributed by atoms with van der Waals surface area (Å²) in [6.07, 6.45) is 2.14. The van der Waals surface area contributed by atoms with Gasteiger partial charge in [0.1, 0.15) is 10.7 Å². The Morgan fingerprint density at radius 2 is 2.26 bits per heavy atom. The van der Waals surface area contributed by atoms with Crippen molar-refractivity contribution in [3.63, 3.8) is 0 Å². The first-order valence-electron chi connectivity index (χ1n) is 6.55. The van der Waals surface area contributed by atoms with Gasteiger partial charge in [0, 0.05) is 6.42 Å². The van der Waals surface area contributed by atoms with Gasteiger partial charge >= 0.3 is 5.97 Å². The molecule has 0 atom stereocenters. The number of aromatic hydroxyl groups is 1. The van der Waals surface area contributed by atoms with Gasteiger partial charge in [-0.15, -0.1) is 5.10 Å². The molecule has 0 amide bonds. The van der Waals surface area contributed by atoms with Crippen LogP contribution in [0.25, 0.3) is 6.08 Å². The molecular formula is C14H14BrN3O4S. The number of carboxylic acid groups (broad SMARTS) is 1. The second kappa shape index (κ2) is 7.51. The Morgan fingerprint density at radius 3 is 2.83 bits per heavy atom. The fourth-order valence-corrected chi connectivity index (χ4v) is 2.88. The van der Waals surface area contributed by atoms with Gasteiger partial charge in [-0.1, -0.05) is 6.92 Å². The van der Waals surface area contributed by atoms with Crippen LogP contribution in [0.4, 0.5) is 0 Å². The first-order valence-corrected chi connectivity index (χ1v) is 8.16. The summed E-state index contributed by atoms with van der Waals surface area (Å²) in [4.78, 5) is 15.7. The number of aliphatic carboxylic acids is 1. The number of carbonyl (C=O) groups is 1. The molecule has 9 heteroatoms. The minimum Gasteiger partial charge on any atom is -0.503 e. The van der Waals surface area contributed by atoms with Crippen LogP contribution in [0.15, 0.2) is 26.7 Å². The van der Waals surface area contributed by atoms with Crippen LogP contribution in [0, 0.1) is 0 Å². The normalized spacial score (nSPS) is 11.5. The van der Waals surface area contributed by atoms with E-state index in [0.29, 0.717) is 27.4 Å². The molecule has 2 aromatic rings. The summed E-state index contributed by atoms with van der Waals surface area (Å²) >= 11 is 4.14. The van der Waals surface area contributed by atoms with E-state index in [1.165, 1.54) is 13.2 Å². The first-order chi connectivity index (χ1) is 10.9. The Hall–Kier alpha value is -2.00. The Bertz CT molecular complexity index is 760. The molecule has 1 heterocycles. The van der Waals surface area contributed by atoms with E-state index >= 15 is 0 Å². The molecule has 0 fully saturated rings. The zero-order valence-corrected chi connectivity index (χ0v) is 14.7. The predicted octanol–water partition coefficient (Wildman–Crippen LogP) is 3.06. The largest absolute Gasteiger partial charge is 0.503 e. The molecule has 23 heavy (non-hydrogen) atoms. The van der Waals surface area contributed by atoms with Crippen LogP contribution >= 0.6 is 27.7 Å². The third-order valence-electron chi connectivity index (χ3n) is 2.83. The Balaban J connectivity index is 2.35. The number of ether oxygens (including phenoxy) is 1. The summed E-state index contributed by atoms with van der Waals surface area (Å²) in [5.41, 5.74) is 0.558. The van der Waals surface area contributed by atoms with Gasteiger partial charge in [-0.3, -0.25) is 5.10 Å². The molecule has 0 radical (unpaired) electrons. The van der Waals surface area contributed by atoms with Crippen LogP contribution in [0.3, 0.4) is 0 Å². The molecule has 0 saturated carbocycles. The molecular weight excluding hydrogens is 386 g/mol. The number of nitrogens with zero attached hydrogens (tertiary/aromatic N) is 2. The summed E-state index contributed by atoms with van der Waals surface area (Å²) in [5, 5.41) is 26.2. The highest BCUT2D eigenvalue weighted by Gasteiger charge is 2.15. The second-order valence-corrected chi connectivity index (χ2v) is 6.25. The van der Waals surface area contributed by atoms with Crippen molar-refractivity contribution in [1.29, 1.82) is 0 Å². The number of aromatic amines is 1. The van der Waals surface area contributed by atoms with E-state index in [9.17, 15) is 15.0 Å². The highest BCUT2D eigenvalue weighted by Crippen LogP contribution is 2.36. The van der Waals surface area contributed by atoms with Crippen molar-refractivity contribution in [2.75, 3.05) is 7.11 Å². The van der Waals surface area contributed by atoms with Gasteiger partial charge in [-0.2, -0.15) is 0 Å². The van der Waals surface area contributed by atoms with Gasteiger partial charge in [0.2, 0.25) is 5.16 Å². The van der Waals surface area contributed by atoms with Gasteiger partial charge in [-0.05, 0) is 51.5 Å². The topological polar surface area (TPSA) is 108 Å². The van der Waals surface area contributed by atoms with Crippen molar-refractivity contribution in [3.05, 3.63) is 32.9 Å². The number of carboxylic acids is 1. The van der Waals surface area contributed by atoms with E-state index in [0.717, 1.165) is 11.8 Å². The number of H-pyrrole nitrogens is 1. The number of rotatable bonds is 6. The van der Waals surface area contributed by atoms with E-state index in [-0.39, 0.29) is 16.4 Å². The second-order valence-electron chi connectivity index (χ2n) is 4.39. The van der Waals surface area contributed by atoms with Crippen molar-refractivity contribution in [1.82, 2.24) is 15.2 Å². The summed E-state index contributed by atoms with van der Waals surface area (Å²) in [6, 6.07) is 3.13. The molecule has 1 aromatic carbocycles. The van der Waals surface area contributed by atoms with E-state index < -0.39 is 5.97 Å². The SMILES string of the molecule is CCc1nc(S/C(=C\c2cc(Br)c(O)c(OC)c2)C(=O)O)n[nH]1. The minimum absolute atomic E-state index is 0.0456. The Labute approximate surface area is 144 Å². The maximum absolute atomic E-state index is 11.4. The Kier molecular flexibility index (Phi) is 5.67. The van der Waals surface area contributed by atoms with E-state index in [1.807, 2.05) is 6.92 Å². The van der Waals surface area contributed by atoms with E-state index in [1.54, 1.807) is 12.1 Å². The number of halogens is 1. The number of hydrogen-bond donors (Lipinski definition) is 3. The lowest BCUT2D eigenvalue weighted by atomic mass is 10.2. The van der Waals surface area contributed by atoms with Crippen LogP contribution in [0.5, 0.6) is 11.5 Å². The number of benzene rings is 1. The van der Waals surface area contributed by atoms with Gasteiger partial charge in [0.15, 0.2) is 11.5 Å². The van der Waals surface area contributed by atoms with Gasteiger partial charge in [0.25, 0.3) is 0 Å². The van der Waals surface area contributed by atoms with Crippen LogP contribution in [-0.4, -0.2) is 38.5 Å². The zero-order chi connectivity index (χ0) is 17.0. The zero-order valence-electron chi connectivity index (χ0n) is 12.3. The smallest absolute Gasteiger partial charge is 0.342 e. The van der Waals surface area contributed by atoms with Crippen molar-refractivity contribution < 1.29 is 19.7 Å². The fourth-order valence-electron chi connectivity index (χ4n) is 1.70. The molecule has 0 spiro atoms. The van der Waals surface area contributed by atoms with E-state index in [2.05, 4.69) is 31.1 Å². The molecule has 7 nitrogen and oxygen atoms in total. The molecule has 0 bridgehead atoms. The summed E-state index contributed by atoms with van der Waals surface area (Å²) in [6.45, 7) is 1.92. The first kappa shape index (κ1) is 17.4. The van der Waals surface area contributed by atoms with Crippen molar-refractivity contribution >= 4 is 39.7 Å². The van der Waals surface area contributed by atoms with Crippen LogP contribution in [0.2, 0.25) is 0 Å². The molecule has 0 aliphatic carbocycles. The third kappa shape index (κ3) is 4.26. The van der Waals surface area contributed by atoms with Gasteiger partial charge < -0.3 is 14.9 Å². The third-order valence-corrected chi connectivity index (χ3v) is 4.31. The van der Waals surface area contributed by atoms with Crippen molar-refractivity contribution in [3.8, 4) is 11.5 Å². The summed E-state index contributed by atoms with van der Waals surface area (Å²) in [7, 11) is 1.42. The maximum atomic E-state index is 11.4. The van der Waals surface area contributed by atoms with Crippen LogP contribution in [-0.2, 0) is 11.2 Å².